The van der Waals surface area contributed by atoms with Gasteiger partial charge in [-0.05, 0) is 6.42 Å². The van der Waals surface area contributed by atoms with Crippen LogP contribution in [0, 0.1) is 18.8 Å². The molecule has 5 nitrogen and oxygen atoms in total. The fourth-order valence-electron chi connectivity index (χ4n) is 3.37. The summed E-state index contributed by atoms with van der Waals surface area (Å²) in [6, 6.07) is 8.94. The third-order valence-electron chi connectivity index (χ3n) is 5.46. The molecule has 0 saturated carbocycles. The number of esters is 1. The Bertz CT molecular complexity index is 1040. The number of ether oxygens (including phenoxy) is 1. The van der Waals surface area contributed by atoms with Gasteiger partial charge < -0.3 is 0 Å². The Morgan fingerprint density at radius 3 is 1.55 bits per heavy atom. The predicted octanol–water partition coefficient (Wildman–Crippen LogP) is 8.20. The van der Waals surface area contributed by atoms with Crippen LogP contribution in [0.25, 0.3) is 0 Å². The van der Waals surface area contributed by atoms with E-state index in [2.05, 4.69) is 20.7 Å². The second-order valence-electron chi connectivity index (χ2n) is 8.52. The van der Waals surface area contributed by atoms with Crippen molar-refractivity contribution < 1.29 is 38.0 Å². The number of benzene rings is 2. The maximum absolute atomic E-state index is 14.7. The summed E-state index contributed by atoms with van der Waals surface area (Å²) >= 11 is -0.249. The molecule has 0 bridgehead atoms. The van der Waals surface area contributed by atoms with E-state index in [1.165, 1.54) is 49.9 Å². The van der Waals surface area contributed by atoms with Crippen LogP contribution < -0.4 is 0 Å². The van der Waals surface area contributed by atoms with Crippen LogP contribution in [0.2, 0.25) is 0 Å². The van der Waals surface area contributed by atoms with Crippen LogP contribution in [0.1, 0.15) is 64.2 Å². The van der Waals surface area contributed by atoms with Gasteiger partial charge in [0.1, 0.15) is 0 Å². The molecular weight excluding hydrogens is 707 g/mol. The Hall–Kier alpha value is -1.25. The van der Waals surface area contributed by atoms with Crippen molar-refractivity contribution in [3.05, 3.63) is 67.3 Å². The van der Waals surface area contributed by atoms with Crippen molar-refractivity contribution >= 4 is 52.3 Å². The van der Waals surface area contributed by atoms with Gasteiger partial charge in [0.05, 0.1) is 0 Å². The number of carbonyl (C=O) groups excluding carboxylic acids is 1. The fourth-order valence-corrected chi connectivity index (χ4v) is 10.5. The van der Waals surface area contributed by atoms with Gasteiger partial charge in [-0.1, -0.05) is 35.2 Å². The van der Waals surface area contributed by atoms with E-state index in [0.717, 1.165) is 55.3 Å². The summed E-state index contributed by atoms with van der Waals surface area (Å²) in [6.45, 7) is -0.339. The molecule has 0 N–H and O–H groups in total. The molecule has 0 saturated heterocycles. The number of halogens is 6. The molecule has 0 aliphatic heterocycles. The SMILES string of the molecule is O=C(OCCCCCCCCCCCCBr)C(F)(F)S(=O)(=O)OI(c1ccc(F)cc1)c1ccc(F)cc1. The van der Waals surface area contributed by atoms with Crippen molar-refractivity contribution in [1.29, 1.82) is 0 Å². The van der Waals surface area contributed by atoms with Crippen LogP contribution in [0.3, 0.4) is 0 Å². The van der Waals surface area contributed by atoms with E-state index in [1.807, 2.05) is 0 Å². The Balaban J connectivity index is 1.88. The minimum absolute atomic E-state index is 0.161. The Kier molecular flexibility index (Phi) is 14.5. The first-order chi connectivity index (χ1) is 18.1. The summed E-state index contributed by atoms with van der Waals surface area (Å²) in [7, 11) is -5.77. The second kappa shape index (κ2) is 16.8. The molecule has 0 spiro atoms. The minimum atomic E-state index is -5.77. The average Bonchev–Trinajstić information content (AvgIpc) is 2.89. The summed E-state index contributed by atoms with van der Waals surface area (Å²) in [5.74, 6) is -3.46. The molecule has 2 rings (SSSR count). The molecular formula is C26H32BrF4IO5S. The fraction of sp³-hybridized carbons (Fsp3) is 0.500. The van der Waals surface area contributed by atoms with Crippen molar-refractivity contribution in [2.24, 2.45) is 0 Å². The first kappa shape index (κ1) is 33.0. The zero-order valence-corrected chi connectivity index (χ0v) is 25.4. The quantitative estimate of drug-likeness (QED) is 0.0507. The van der Waals surface area contributed by atoms with E-state index in [1.54, 1.807) is 0 Å². The molecule has 12 heteroatoms. The number of rotatable bonds is 18. The van der Waals surface area contributed by atoms with Gasteiger partial charge in [-0.2, -0.15) is 0 Å². The third kappa shape index (κ3) is 10.7. The second-order valence-corrected chi connectivity index (χ2v) is 15.8. The molecule has 0 radical (unpaired) electrons. The van der Waals surface area contributed by atoms with E-state index >= 15 is 0 Å². The monoisotopic (exact) mass is 738 g/mol. The summed E-state index contributed by atoms with van der Waals surface area (Å²) in [5.41, 5.74) is 0. The summed E-state index contributed by atoms with van der Waals surface area (Å²) in [4.78, 5) is 12.0. The Morgan fingerprint density at radius 1 is 0.737 bits per heavy atom. The first-order valence-electron chi connectivity index (χ1n) is 12.3. The van der Waals surface area contributed by atoms with E-state index in [4.69, 9.17) is 2.51 Å². The van der Waals surface area contributed by atoms with Gasteiger partial charge in [0, 0.05) is 5.33 Å². The van der Waals surface area contributed by atoms with Crippen molar-refractivity contribution in [3.8, 4) is 0 Å². The van der Waals surface area contributed by atoms with Crippen LogP contribution in [-0.2, 0) is 22.2 Å². The van der Waals surface area contributed by atoms with Crippen molar-refractivity contribution in [3.63, 3.8) is 0 Å². The number of hydrogen-bond acceptors (Lipinski definition) is 5. The van der Waals surface area contributed by atoms with Crippen molar-refractivity contribution in [2.45, 2.75) is 69.5 Å². The number of carbonyl (C=O) groups is 1. The predicted molar refractivity (Wildman–Crippen MR) is 150 cm³/mol. The van der Waals surface area contributed by atoms with Gasteiger partial charge in [0.15, 0.2) is 0 Å². The van der Waals surface area contributed by atoms with E-state index in [-0.39, 0.29) is 13.7 Å². The molecule has 2 aromatic carbocycles. The molecule has 38 heavy (non-hydrogen) atoms. The van der Waals surface area contributed by atoms with Gasteiger partial charge >= 0.3 is 192 Å². The first-order valence-corrected chi connectivity index (χ1v) is 17.9. The summed E-state index contributed by atoms with van der Waals surface area (Å²) in [5, 5.41) is -3.92. The Labute approximate surface area is 237 Å². The van der Waals surface area contributed by atoms with Crippen molar-refractivity contribution in [1.82, 2.24) is 0 Å². The molecule has 0 heterocycles. The summed E-state index contributed by atoms with van der Waals surface area (Å²) < 4.78 is 90.9. The molecule has 0 unspecified atom stereocenters. The van der Waals surface area contributed by atoms with E-state index in [9.17, 15) is 30.8 Å². The van der Waals surface area contributed by atoms with Gasteiger partial charge in [-0.25, -0.2) is 0 Å². The molecule has 0 aliphatic rings. The molecule has 0 aliphatic carbocycles. The van der Waals surface area contributed by atoms with Crippen LogP contribution in [0.4, 0.5) is 17.6 Å². The maximum atomic E-state index is 14.7. The third-order valence-corrected chi connectivity index (χ3v) is 13.3. The van der Waals surface area contributed by atoms with Gasteiger partial charge in [0.25, 0.3) is 0 Å². The van der Waals surface area contributed by atoms with Gasteiger partial charge in [-0.3, -0.25) is 0 Å². The Morgan fingerprint density at radius 2 is 1.13 bits per heavy atom. The van der Waals surface area contributed by atoms with Crippen LogP contribution in [0.5, 0.6) is 0 Å². The van der Waals surface area contributed by atoms with Gasteiger partial charge in [-0.15, -0.1) is 0 Å². The normalized spacial score (nSPS) is 12.4. The molecule has 0 aromatic heterocycles. The standard InChI is InChI=1S/C26H32BrF4IO5S/c27-19-9-7-5-3-1-2-4-6-8-10-20-36-25(33)26(30,31)38(34,35)37-32(23-15-11-21(28)12-16-23)24-17-13-22(29)14-18-24/h11-18H,1-10,19-20H2. The van der Waals surface area contributed by atoms with Crippen LogP contribution in [0.15, 0.2) is 48.5 Å². The van der Waals surface area contributed by atoms with E-state index < -0.39 is 53.2 Å². The zero-order chi connectivity index (χ0) is 28.0. The number of alkyl halides is 3. The molecule has 2 aromatic rings. The number of unbranched alkanes of at least 4 members (excludes halogenated alkanes) is 9. The van der Waals surface area contributed by atoms with Gasteiger partial charge in [0.2, 0.25) is 0 Å². The van der Waals surface area contributed by atoms with E-state index in [0.29, 0.717) is 12.8 Å². The molecule has 0 atom stereocenters. The molecule has 0 amide bonds. The zero-order valence-electron chi connectivity index (χ0n) is 20.8. The topological polar surface area (TPSA) is 69.7 Å². The van der Waals surface area contributed by atoms with Crippen molar-refractivity contribution in [2.75, 3.05) is 11.9 Å². The average molecular weight is 739 g/mol. The summed E-state index contributed by atoms with van der Waals surface area (Å²) in [6.07, 6.45) is 9.85. The van der Waals surface area contributed by atoms with Crippen LogP contribution >= 0.6 is 36.2 Å². The molecule has 214 valence electrons. The molecule has 0 fully saturated rings. The van der Waals surface area contributed by atoms with Crippen LogP contribution in [-0.4, -0.2) is 31.6 Å². The number of hydrogen-bond donors (Lipinski definition) is 0.